The lowest BCUT2D eigenvalue weighted by Gasteiger charge is -2.22. The number of oxime groups is 1. The van der Waals surface area contributed by atoms with Crippen molar-refractivity contribution >= 4 is 29.2 Å². The Hall–Kier alpha value is 0.170. The van der Waals surface area contributed by atoms with E-state index in [1.54, 1.807) is 23.5 Å². The molecule has 0 spiro atoms. The van der Waals surface area contributed by atoms with Crippen molar-refractivity contribution in [1.29, 1.82) is 0 Å². The maximum Gasteiger partial charge on any atom is 0.0823 e. The summed E-state index contributed by atoms with van der Waals surface area (Å²) in [5.41, 5.74) is 0.845. The summed E-state index contributed by atoms with van der Waals surface area (Å²) < 4.78 is -0.0439. The number of rotatable bonds is 4. The molecule has 0 aliphatic heterocycles. The molecule has 0 atom stereocenters. The van der Waals surface area contributed by atoms with Crippen molar-refractivity contribution in [3.63, 3.8) is 0 Å². The molecule has 1 N–H and O–H groups in total. The normalized spacial score (nSPS) is 13.6. The first-order valence-electron chi connectivity index (χ1n) is 3.34. The molecule has 0 saturated heterocycles. The Morgan fingerprint density at radius 2 is 2.00 bits per heavy atom. The van der Waals surface area contributed by atoms with Crippen molar-refractivity contribution in [3.8, 4) is 0 Å². The second-order valence-electron chi connectivity index (χ2n) is 2.69. The van der Waals surface area contributed by atoms with Crippen LogP contribution in [-0.2, 0) is 0 Å². The largest absolute Gasteiger partial charge is 0.411 e. The van der Waals surface area contributed by atoms with Gasteiger partial charge in [-0.2, -0.15) is 23.5 Å². The second kappa shape index (κ2) is 4.93. The average Bonchev–Trinajstić information content (AvgIpc) is 2.00. The van der Waals surface area contributed by atoms with Gasteiger partial charge in [0.2, 0.25) is 0 Å². The molecular weight excluding hydrogens is 178 g/mol. The Balaban J connectivity index is 4.25. The van der Waals surface area contributed by atoms with Crippen molar-refractivity contribution in [1.82, 2.24) is 0 Å². The van der Waals surface area contributed by atoms with E-state index in [4.69, 9.17) is 5.21 Å². The maximum atomic E-state index is 8.69. The number of hydrogen-bond acceptors (Lipinski definition) is 4. The van der Waals surface area contributed by atoms with Crippen molar-refractivity contribution in [2.45, 2.75) is 18.6 Å². The minimum absolute atomic E-state index is 0.0439. The Morgan fingerprint density at radius 3 is 2.27 bits per heavy atom. The third-order valence-electron chi connectivity index (χ3n) is 1.61. The number of nitrogens with zero attached hydrogens (tertiary/aromatic N) is 1. The summed E-state index contributed by atoms with van der Waals surface area (Å²) >= 11 is 3.37. The van der Waals surface area contributed by atoms with Gasteiger partial charge in [0.05, 0.1) is 10.5 Å². The molecule has 0 rings (SSSR count). The van der Waals surface area contributed by atoms with E-state index in [0.29, 0.717) is 0 Å². The Bertz CT molecular complexity index is 145. The van der Waals surface area contributed by atoms with Gasteiger partial charge in [-0.25, -0.2) is 0 Å². The van der Waals surface area contributed by atoms with Crippen molar-refractivity contribution in [2.75, 3.05) is 18.3 Å². The Labute approximate surface area is 76.8 Å². The predicted molar refractivity (Wildman–Crippen MR) is 55.2 cm³/mol. The molecule has 66 valence electrons. The Morgan fingerprint density at radius 1 is 1.45 bits per heavy atom. The van der Waals surface area contributed by atoms with Crippen LogP contribution in [0.15, 0.2) is 5.16 Å². The highest BCUT2D eigenvalue weighted by Crippen LogP contribution is 2.24. The van der Waals surface area contributed by atoms with Gasteiger partial charge in [0.25, 0.3) is 0 Å². The van der Waals surface area contributed by atoms with E-state index in [1.807, 2.05) is 12.5 Å². The molecule has 0 amide bonds. The van der Waals surface area contributed by atoms with Crippen LogP contribution in [0.1, 0.15) is 13.8 Å². The van der Waals surface area contributed by atoms with Crippen LogP contribution in [-0.4, -0.2) is 33.9 Å². The van der Waals surface area contributed by atoms with E-state index in [1.165, 1.54) is 0 Å². The van der Waals surface area contributed by atoms with E-state index in [9.17, 15) is 0 Å². The summed E-state index contributed by atoms with van der Waals surface area (Å²) in [6, 6.07) is 0. The summed E-state index contributed by atoms with van der Waals surface area (Å²) in [4.78, 5) is 0. The molecule has 0 aromatic rings. The monoisotopic (exact) mass is 193 g/mol. The molecular formula is C7H15NOS2. The van der Waals surface area contributed by atoms with E-state index in [0.717, 1.165) is 11.5 Å². The van der Waals surface area contributed by atoms with E-state index in [2.05, 4.69) is 19.0 Å². The van der Waals surface area contributed by atoms with Gasteiger partial charge in [0.15, 0.2) is 0 Å². The van der Waals surface area contributed by atoms with Crippen LogP contribution >= 0.6 is 23.5 Å². The average molecular weight is 193 g/mol. The zero-order valence-corrected chi connectivity index (χ0v) is 9.05. The minimum atomic E-state index is -0.0439. The molecule has 0 aromatic heterocycles. The van der Waals surface area contributed by atoms with Crippen LogP contribution in [0.3, 0.4) is 0 Å². The van der Waals surface area contributed by atoms with Gasteiger partial charge in [-0.1, -0.05) is 5.16 Å². The van der Waals surface area contributed by atoms with Crippen LogP contribution in [0.25, 0.3) is 0 Å². The van der Waals surface area contributed by atoms with E-state index < -0.39 is 0 Å². The SMILES string of the molecule is CSC/C(=N\O)C(C)(C)SC. The quantitative estimate of drug-likeness (QED) is 0.422. The number of thioether (sulfide) groups is 2. The highest BCUT2D eigenvalue weighted by atomic mass is 32.2. The fraction of sp³-hybridized carbons (Fsp3) is 0.857. The highest BCUT2D eigenvalue weighted by Gasteiger charge is 2.23. The first kappa shape index (κ1) is 11.2. The molecule has 0 unspecified atom stereocenters. The summed E-state index contributed by atoms with van der Waals surface area (Å²) in [7, 11) is 0. The molecule has 0 aromatic carbocycles. The first-order chi connectivity index (χ1) is 5.08. The zero-order chi connectivity index (χ0) is 8.91. The summed E-state index contributed by atoms with van der Waals surface area (Å²) in [5.74, 6) is 0.796. The summed E-state index contributed by atoms with van der Waals surface area (Å²) in [5, 5.41) is 12.0. The topological polar surface area (TPSA) is 32.6 Å². The van der Waals surface area contributed by atoms with Crippen molar-refractivity contribution in [3.05, 3.63) is 0 Å². The van der Waals surface area contributed by atoms with Crippen LogP contribution in [0.4, 0.5) is 0 Å². The molecule has 11 heavy (non-hydrogen) atoms. The van der Waals surface area contributed by atoms with Crippen LogP contribution in [0, 0.1) is 0 Å². The molecule has 2 nitrogen and oxygen atoms in total. The zero-order valence-electron chi connectivity index (χ0n) is 7.42. The van der Waals surface area contributed by atoms with Crippen molar-refractivity contribution < 1.29 is 5.21 Å². The molecule has 0 bridgehead atoms. The third kappa shape index (κ3) is 3.38. The standard InChI is InChI=1S/C7H15NOS2/c1-7(2,11-4)6(8-9)5-10-3/h9H,5H2,1-4H3/b8-6+. The van der Waals surface area contributed by atoms with Gasteiger partial charge >= 0.3 is 0 Å². The van der Waals surface area contributed by atoms with Gasteiger partial charge in [0.1, 0.15) is 0 Å². The molecule has 0 radical (unpaired) electrons. The smallest absolute Gasteiger partial charge is 0.0823 e. The van der Waals surface area contributed by atoms with Crippen LogP contribution in [0.5, 0.6) is 0 Å². The Kier molecular flexibility index (Phi) is 5.01. The molecule has 0 aliphatic carbocycles. The summed E-state index contributed by atoms with van der Waals surface area (Å²) in [6.07, 6.45) is 4.02. The minimum Gasteiger partial charge on any atom is -0.411 e. The lowest BCUT2D eigenvalue weighted by molar-refractivity contribution is 0.316. The van der Waals surface area contributed by atoms with Gasteiger partial charge in [-0.05, 0) is 26.4 Å². The molecule has 0 fully saturated rings. The van der Waals surface area contributed by atoms with Gasteiger partial charge < -0.3 is 5.21 Å². The molecule has 4 heteroatoms. The predicted octanol–water partition coefficient (Wildman–Crippen LogP) is 2.32. The fourth-order valence-electron chi connectivity index (χ4n) is 0.578. The van der Waals surface area contributed by atoms with Crippen LogP contribution in [0.2, 0.25) is 0 Å². The molecule has 0 aliphatic rings. The van der Waals surface area contributed by atoms with Crippen molar-refractivity contribution in [2.24, 2.45) is 5.16 Å². The van der Waals surface area contributed by atoms with Gasteiger partial charge in [-0.15, -0.1) is 0 Å². The number of hydrogen-bond donors (Lipinski definition) is 1. The molecule has 0 saturated carbocycles. The fourth-order valence-corrected chi connectivity index (χ4v) is 1.71. The highest BCUT2D eigenvalue weighted by molar-refractivity contribution is 8.01. The second-order valence-corrected chi connectivity index (χ2v) is 4.99. The maximum absolute atomic E-state index is 8.69. The van der Waals surface area contributed by atoms with E-state index >= 15 is 0 Å². The third-order valence-corrected chi connectivity index (χ3v) is 3.43. The summed E-state index contributed by atoms with van der Waals surface area (Å²) in [6.45, 7) is 4.12. The first-order valence-corrected chi connectivity index (χ1v) is 5.96. The molecule has 0 heterocycles. The van der Waals surface area contributed by atoms with Gasteiger partial charge in [-0.3, -0.25) is 0 Å². The van der Waals surface area contributed by atoms with Gasteiger partial charge in [0, 0.05) is 5.75 Å². The lowest BCUT2D eigenvalue weighted by Crippen LogP contribution is -2.29. The van der Waals surface area contributed by atoms with E-state index in [-0.39, 0.29) is 4.75 Å². The lowest BCUT2D eigenvalue weighted by atomic mass is 10.1. The van der Waals surface area contributed by atoms with Crippen LogP contribution < -0.4 is 0 Å².